The lowest BCUT2D eigenvalue weighted by atomic mass is 10.1. The predicted molar refractivity (Wildman–Crippen MR) is 55.7 cm³/mol. The van der Waals surface area contributed by atoms with Gasteiger partial charge in [-0.2, -0.15) is 4.80 Å². The van der Waals surface area contributed by atoms with Crippen LogP contribution in [-0.2, 0) is 13.5 Å². The van der Waals surface area contributed by atoms with Crippen LogP contribution in [-0.4, -0.2) is 20.2 Å². The van der Waals surface area contributed by atoms with Crippen LogP contribution in [0.25, 0.3) is 0 Å². The van der Waals surface area contributed by atoms with Crippen molar-refractivity contribution in [2.45, 2.75) is 6.42 Å². The Morgan fingerprint density at radius 1 is 1.43 bits per heavy atom. The Bertz CT molecular complexity index is 438. The monoisotopic (exact) mass is 252 g/mol. The molecule has 1 aromatic heterocycles. The second kappa shape index (κ2) is 3.88. The van der Waals surface area contributed by atoms with Crippen molar-refractivity contribution in [2.24, 2.45) is 7.05 Å². The normalized spacial score (nSPS) is 10.4. The molecule has 14 heavy (non-hydrogen) atoms. The van der Waals surface area contributed by atoms with Crippen molar-refractivity contribution in [3.05, 3.63) is 40.1 Å². The lowest BCUT2D eigenvalue weighted by Crippen LogP contribution is -1.94. The average Bonchev–Trinajstić information content (AvgIpc) is 2.51. The summed E-state index contributed by atoms with van der Waals surface area (Å²) in [6, 6.07) is 8.08. The Labute approximate surface area is 90.1 Å². The molecule has 0 bridgehead atoms. The topological polar surface area (TPSA) is 43.6 Å². The van der Waals surface area contributed by atoms with Crippen LogP contribution in [0.1, 0.15) is 11.4 Å². The molecule has 0 amide bonds. The number of aryl methyl sites for hydroxylation is 1. The van der Waals surface area contributed by atoms with E-state index in [0.717, 1.165) is 10.3 Å². The summed E-state index contributed by atoms with van der Waals surface area (Å²) in [5.74, 6) is 0.741. The van der Waals surface area contributed by atoms with Crippen molar-refractivity contribution >= 4 is 15.9 Å². The molecule has 0 spiro atoms. The summed E-state index contributed by atoms with van der Waals surface area (Å²) in [6.45, 7) is 0. The van der Waals surface area contributed by atoms with Gasteiger partial charge in [-0.1, -0.05) is 28.1 Å². The van der Waals surface area contributed by atoms with Gasteiger partial charge >= 0.3 is 0 Å². The summed E-state index contributed by atoms with van der Waals surface area (Å²) in [5.41, 5.74) is 1.17. The highest BCUT2D eigenvalue weighted by Gasteiger charge is 2.01. The van der Waals surface area contributed by atoms with Crippen LogP contribution >= 0.6 is 15.9 Å². The average molecular weight is 253 g/mol. The zero-order valence-electron chi connectivity index (χ0n) is 7.68. The number of hydrogen-bond acceptors (Lipinski definition) is 3. The Kier molecular flexibility index (Phi) is 2.58. The fourth-order valence-electron chi connectivity index (χ4n) is 1.22. The third-order valence-electron chi connectivity index (χ3n) is 1.80. The number of rotatable bonds is 2. The van der Waals surface area contributed by atoms with Crippen molar-refractivity contribution < 1.29 is 0 Å². The van der Waals surface area contributed by atoms with Crippen LogP contribution in [0.3, 0.4) is 0 Å². The molecule has 72 valence electrons. The van der Waals surface area contributed by atoms with Gasteiger partial charge in [0.15, 0.2) is 5.82 Å². The standard InChI is InChI=1S/C9H9BrN4/c1-14-12-9(11-13-14)6-7-3-2-4-8(10)5-7/h2-5H,6H2,1H3. The molecule has 1 aromatic carbocycles. The molecule has 0 N–H and O–H groups in total. The van der Waals surface area contributed by atoms with Crippen LogP contribution < -0.4 is 0 Å². The molecule has 0 radical (unpaired) electrons. The van der Waals surface area contributed by atoms with Gasteiger partial charge in [-0.3, -0.25) is 0 Å². The molecule has 0 atom stereocenters. The maximum atomic E-state index is 4.11. The van der Waals surface area contributed by atoms with E-state index in [9.17, 15) is 0 Å². The number of benzene rings is 1. The van der Waals surface area contributed by atoms with Gasteiger partial charge in [0.1, 0.15) is 0 Å². The van der Waals surface area contributed by atoms with E-state index in [1.165, 1.54) is 10.4 Å². The second-order valence-electron chi connectivity index (χ2n) is 3.00. The summed E-state index contributed by atoms with van der Waals surface area (Å²) in [4.78, 5) is 1.47. The number of tetrazole rings is 1. The minimum atomic E-state index is 0.716. The van der Waals surface area contributed by atoms with Crippen molar-refractivity contribution in [3.63, 3.8) is 0 Å². The molecule has 0 saturated carbocycles. The highest BCUT2D eigenvalue weighted by molar-refractivity contribution is 9.10. The Balaban J connectivity index is 2.18. The van der Waals surface area contributed by atoms with Gasteiger partial charge in [-0.15, -0.1) is 10.2 Å². The Morgan fingerprint density at radius 2 is 2.29 bits per heavy atom. The Hall–Kier alpha value is -1.23. The molecule has 2 aromatic rings. The van der Waals surface area contributed by atoms with Gasteiger partial charge < -0.3 is 0 Å². The highest BCUT2D eigenvalue weighted by Crippen LogP contribution is 2.13. The first-order valence-corrected chi connectivity index (χ1v) is 5.00. The zero-order valence-corrected chi connectivity index (χ0v) is 9.27. The molecule has 0 fully saturated rings. The van der Waals surface area contributed by atoms with Crippen molar-refractivity contribution in [3.8, 4) is 0 Å². The molecule has 4 nitrogen and oxygen atoms in total. The molecule has 0 aliphatic heterocycles. The van der Waals surface area contributed by atoms with Gasteiger partial charge in [-0.25, -0.2) is 0 Å². The van der Waals surface area contributed by atoms with Crippen molar-refractivity contribution in [1.82, 2.24) is 20.2 Å². The molecule has 0 aliphatic rings. The second-order valence-corrected chi connectivity index (χ2v) is 3.92. The largest absolute Gasteiger partial charge is 0.179 e. The van der Waals surface area contributed by atoms with Gasteiger partial charge in [0.05, 0.1) is 7.05 Å². The fraction of sp³-hybridized carbons (Fsp3) is 0.222. The fourth-order valence-corrected chi connectivity index (χ4v) is 1.67. The van der Waals surface area contributed by atoms with E-state index in [0.29, 0.717) is 6.42 Å². The van der Waals surface area contributed by atoms with Crippen molar-refractivity contribution in [2.75, 3.05) is 0 Å². The third kappa shape index (κ3) is 2.17. The molecular formula is C9H9BrN4. The SMILES string of the molecule is Cn1nnc(Cc2cccc(Br)c2)n1. The first-order chi connectivity index (χ1) is 6.74. The van der Waals surface area contributed by atoms with Crippen molar-refractivity contribution in [1.29, 1.82) is 0 Å². The summed E-state index contributed by atoms with van der Waals surface area (Å²) >= 11 is 3.42. The summed E-state index contributed by atoms with van der Waals surface area (Å²) in [5, 5.41) is 11.8. The number of halogens is 1. The smallest absolute Gasteiger partial charge is 0.167 e. The lowest BCUT2D eigenvalue weighted by Gasteiger charge is -1.96. The highest BCUT2D eigenvalue weighted by atomic mass is 79.9. The molecule has 0 aliphatic carbocycles. The van der Waals surface area contributed by atoms with Gasteiger partial charge in [0.2, 0.25) is 0 Å². The third-order valence-corrected chi connectivity index (χ3v) is 2.29. The minimum absolute atomic E-state index is 0.716. The van der Waals surface area contributed by atoms with E-state index >= 15 is 0 Å². The maximum Gasteiger partial charge on any atom is 0.179 e. The predicted octanol–water partition coefficient (Wildman–Crippen LogP) is 1.56. The van der Waals surface area contributed by atoms with Gasteiger partial charge in [0.25, 0.3) is 0 Å². The molecule has 0 saturated heterocycles. The summed E-state index contributed by atoms with van der Waals surface area (Å²) < 4.78 is 1.07. The number of nitrogens with zero attached hydrogens (tertiary/aromatic N) is 4. The van der Waals surface area contributed by atoms with Crippen LogP contribution in [0, 0.1) is 0 Å². The van der Waals surface area contributed by atoms with Gasteiger partial charge in [0, 0.05) is 10.9 Å². The van der Waals surface area contributed by atoms with Crippen LogP contribution in [0.2, 0.25) is 0 Å². The van der Waals surface area contributed by atoms with E-state index in [-0.39, 0.29) is 0 Å². The molecule has 0 unspecified atom stereocenters. The zero-order chi connectivity index (χ0) is 9.97. The van der Waals surface area contributed by atoms with E-state index in [1.807, 2.05) is 18.2 Å². The Morgan fingerprint density at radius 3 is 2.93 bits per heavy atom. The molecule has 2 rings (SSSR count). The molecular weight excluding hydrogens is 244 g/mol. The number of aromatic nitrogens is 4. The van der Waals surface area contributed by atoms with E-state index in [2.05, 4.69) is 37.4 Å². The molecule has 5 heteroatoms. The lowest BCUT2D eigenvalue weighted by molar-refractivity contribution is 0.628. The quantitative estimate of drug-likeness (QED) is 0.815. The minimum Gasteiger partial charge on any atom is -0.167 e. The van der Waals surface area contributed by atoms with Crippen LogP contribution in [0.5, 0.6) is 0 Å². The maximum absolute atomic E-state index is 4.11. The summed E-state index contributed by atoms with van der Waals surface area (Å²) in [7, 11) is 1.76. The first-order valence-electron chi connectivity index (χ1n) is 4.21. The number of hydrogen-bond donors (Lipinski definition) is 0. The van der Waals surface area contributed by atoms with Crippen LogP contribution in [0.4, 0.5) is 0 Å². The van der Waals surface area contributed by atoms with Gasteiger partial charge in [-0.05, 0) is 22.9 Å². The first kappa shape index (κ1) is 9.33. The van der Waals surface area contributed by atoms with E-state index < -0.39 is 0 Å². The van der Waals surface area contributed by atoms with E-state index in [1.54, 1.807) is 7.05 Å². The summed E-state index contributed by atoms with van der Waals surface area (Å²) in [6.07, 6.45) is 0.716. The van der Waals surface area contributed by atoms with Crippen LogP contribution in [0.15, 0.2) is 28.7 Å². The van der Waals surface area contributed by atoms with E-state index in [4.69, 9.17) is 0 Å². The molecule has 1 heterocycles.